The van der Waals surface area contributed by atoms with Crippen molar-refractivity contribution in [3.63, 3.8) is 0 Å². The largest absolute Gasteiger partial charge is 0.376 e. The number of amides is 1. The monoisotopic (exact) mass is 645 g/mol. The SMILES string of the molecule is C=CC(=O)N1CCCCC[C@H]1c1ccc(N2C[C@H](CS(C)(=O)=O)[C@H]2C)c2cnc(Nc3ccnc(N4CC[C@@H]5C[C@H]4CO5)n3)cc12. The summed E-state index contributed by atoms with van der Waals surface area (Å²) in [5, 5.41) is 5.43. The van der Waals surface area contributed by atoms with Crippen LogP contribution in [0.5, 0.6) is 0 Å². The van der Waals surface area contributed by atoms with Gasteiger partial charge in [-0.15, -0.1) is 0 Å². The maximum absolute atomic E-state index is 13.1. The molecule has 3 aromatic rings. The molecule has 1 aromatic carbocycles. The second-order valence-corrected chi connectivity index (χ2v) is 15.5. The van der Waals surface area contributed by atoms with Crippen molar-refractivity contribution in [2.24, 2.45) is 5.92 Å². The van der Waals surface area contributed by atoms with E-state index in [0.717, 1.165) is 67.1 Å². The average molecular weight is 646 g/mol. The Hall–Kier alpha value is -3.77. The van der Waals surface area contributed by atoms with E-state index < -0.39 is 9.84 Å². The van der Waals surface area contributed by atoms with Crippen molar-refractivity contribution in [3.05, 3.63) is 54.9 Å². The van der Waals surface area contributed by atoms with Crippen LogP contribution < -0.4 is 15.1 Å². The van der Waals surface area contributed by atoms with Crippen molar-refractivity contribution < 1.29 is 17.9 Å². The number of nitrogens with one attached hydrogen (secondary N) is 1. The third-order valence-corrected chi connectivity index (χ3v) is 11.3. The van der Waals surface area contributed by atoms with Gasteiger partial charge >= 0.3 is 0 Å². The number of piperidine rings is 1. The van der Waals surface area contributed by atoms with Crippen LogP contribution in [0.2, 0.25) is 0 Å². The van der Waals surface area contributed by atoms with Crippen LogP contribution in [0.15, 0.2) is 49.3 Å². The number of benzene rings is 1. The van der Waals surface area contributed by atoms with Crippen molar-refractivity contribution in [1.29, 1.82) is 0 Å². The van der Waals surface area contributed by atoms with E-state index in [9.17, 15) is 13.2 Å². The molecule has 2 bridgehead atoms. The highest BCUT2D eigenvalue weighted by molar-refractivity contribution is 7.90. The zero-order chi connectivity index (χ0) is 32.0. The molecule has 1 N–H and O–H groups in total. The Morgan fingerprint density at radius 3 is 2.76 bits per heavy atom. The molecule has 4 aliphatic heterocycles. The molecule has 0 spiro atoms. The summed E-state index contributed by atoms with van der Waals surface area (Å²) in [6, 6.07) is 8.47. The number of hydrogen-bond donors (Lipinski definition) is 1. The molecule has 5 atom stereocenters. The predicted molar refractivity (Wildman–Crippen MR) is 180 cm³/mol. The van der Waals surface area contributed by atoms with Crippen LogP contribution in [-0.2, 0) is 19.4 Å². The van der Waals surface area contributed by atoms with Crippen LogP contribution in [0, 0.1) is 5.92 Å². The minimum absolute atomic E-state index is 0.0540. The number of nitrogens with zero attached hydrogens (tertiary/aromatic N) is 6. The standard InChI is InChI=1S/C34H43N7O4S/c1-4-33(42)40-14-7-5-6-8-29(40)26-9-10-30(41-19-23(22(41)2)21-46(3,43)44)28-18-36-32(17-27(26)28)37-31-11-13-35-34(38-31)39-15-12-25-16-24(39)20-45-25/h4,9-11,13,17-18,22-25,29H,1,5-8,12,14-16,19-21H2,2-3H3,(H,35,36,37,38)/t22-,23-,24+,25-,29+/m1/s1. The number of hydrogen-bond acceptors (Lipinski definition) is 10. The summed E-state index contributed by atoms with van der Waals surface area (Å²) in [4.78, 5) is 33.8. The van der Waals surface area contributed by atoms with Crippen molar-refractivity contribution >= 4 is 49.8 Å². The molecule has 0 unspecified atom stereocenters. The molecule has 7 rings (SSSR count). The van der Waals surface area contributed by atoms with E-state index in [-0.39, 0.29) is 29.7 Å². The molecule has 0 radical (unpaired) electrons. The van der Waals surface area contributed by atoms with Crippen LogP contribution in [0.4, 0.5) is 23.3 Å². The van der Waals surface area contributed by atoms with Crippen LogP contribution in [-0.4, -0.2) is 90.6 Å². The molecule has 2 aromatic heterocycles. The smallest absolute Gasteiger partial charge is 0.246 e. The van der Waals surface area contributed by atoms with Crippen molar-refractivity contribution in [2.45, 2.75) is 69.7 Å². The zero-order valence-corrected chi connectivity index (χ0v) is 27.5. The molecule has 12 heteroatoms. The fourth-order valence-corrected chi connectivity index (χ4v) is 8.94. The molecule has 0 saturated carbocycles. The van der Waals surface area contributed by atoms with Crippen LogP contribution in [0.3, 0.4) is 0 Å². The van der Waals surface area contributed by atoms with Crippen LogP contribution in [0.1, 0.15) is 57.1 Å². The number of aromatic nitrogens is 3. The first-order valence-corrected chi connectivity index (χ1v) is 18.5. The van der Waals surface area contributed by atoms with Gasteiger partial charge < -0.3 is 24.8 Å². The lowest BCUT2D eigenvalue weighted by atomic mass is 9.88. The van der Waals surface area contributed by atoms with Gasteiger partial charge in [0, 0.05) is 61.3 Å². The highest BCUT2D eigenvalue weighted by atomic mass is 32.2. The highest BCUT2D eigenvalue weighted by Gasteiger charge is 2.39. The normalized spacial score (nSPS) is 26.5. The molecule has 46 heavy (non-hydrogen) atoms. The minimum atomic E-state index is -3.07. The van der Waals surface area contributed by atoms with Gasteiger partial charge in [-0.25, -0.2) is 18.4 Å². The summed E-state index contributed by atoms with van der Waals surface area (Å²) in [7, 11) is -3.07. The maximum atomic E-state index is 13.1. The number of ether oxygens (including phenoxy) is 1. The van der Waals surface area contributed by atoms with E-state index >= 15 is 0 Å². The van der Waals surface area contributed by atoms with E-state index in [1.165, 1.54) is 12.3 Å². The van der Waals surface area contributed by atoms with Gasteiger partial charge in [-0.3, -0.25) is 4.79 Å². The Labute approximate surface area is 271 Å². The molecular formula is C34H43N7O4S. The summed E-state index contributed by atoms with van der Waals surface area (Å²) in [5.41, 5.74) is 2.10. The van der Waals surface area contributed by atoms with E-state index in [1.807, 2.05) is 17.2 Å². The fraction of sp³-hybridized carbons (Fsp3) is 0.529. The first-order valence-electron chi connectivity index (χ1n) is 16.5. The summed E-state index contributed by atoms with van der Waals surface area (Å²) in [6.45, 7) is 8.82. The van der Waals surface area contributed by atoms with Crippen molar-refractivity contribution in [2.75, 3.05) is 53.4 Å². The number of rotatable bonds is 8. The van der Waals surface area contributed by atoms with Gasteiger partial charge in [-0.1, -0.05) is 25.5 Å². The predicted octanol–water partition coefficient (Wildman–Crippen LogP) is 4.64. The molecule has 1 amide bonds. The average Bonchev–Trinajstić information content (AvgIpc) is 3.24. The van der Waals surface area contributed by atoms with E-state index in [2.05, 4.69) is 51.8 Å². The fourth-order valence-electron chi connectivity index (χ4n) is 7.78. The molecular weight excluding hydrogens is 602 g/mol. The molecule has 0 aliphatic carbocycles. The molecule has 244 valence electrons. The Morgan fingerprint density at radius 2 is 1.96 bits per heavy atom. The van der Waals surface area contributed by atoms with E-state index in [1.54, 1.807) is 6.20 Å². The number of carbonyl (C=O) groups is 1. The van der Waals surface area contributed by atoms with Gasteiger partial charge in [-0.05, 0) is 67.8 Å². The summed E-state index contributed by atoms with van der Waals surface area (Å²) < 4.78 is 30.0. The zero-order valence-electron chi connectivity index (χ0n) is 26.6. The van der Waals surface area contributed by atoms with E-state index in [4.69, 9.17) is 14.7 Å². The Bertz CT molecular complexity index is 1750. The molecule has 4 saturated heterocycles. The number of likely N-dealkylation sites (tertiary alicyclic amines) is 1. The lowest BCUT2D eigenvalue weighted by Crippen LogP contribution is -2.57. The van der Waals surface area contributed by atoms with Gasteiger partial charge in [-0.2, -0.15) is 4.98 Å². The van der Waals surface area contributed by atoms with Crippen LogP contribution >= 0.6 is 0 Å². The third-order valence-electron chi connectivity index (χ3n) is 10.3. The quantitative estimate of drug-likeness (QED) is 0.347. The second-order valence-electron chi connectivity index (χ2n) is 13.3. The van der Waals surface area contributed by atoms with Gasteiger partial charge in [0.15, 0.2) is 0 Å². The third kappa shape index (κ3) is 6.04. The number of pyridine rings is 1. The molecule has 6 heterocycles. The van der Waals surface area contributed by atoms with E-state index in [0.29, 0.717) is 49.4 Å². The number of carbonyl (C=O) groups excluding carboxylic acids is 1. The van der Waals surface area contributed by atoms with Crippen molar-refractivity contribution in [3.8, 4) is 0 Å². The topological polar surface area (TPSA) is 121 Å². The summed E-state index contributed by atoms with van der Waals surface area (Å²) in [6.07, 6.45) is 12.7. The summed E-state index contributed by atoms with van der Waals surface area (Å²) >= 11 is 0. The second kappa shape index (κ2) is 12.4. The lowest BCUT2D eigenvalue weighted by molar-refractivity contribution is -0.128. The van der Waals surface area contributed by atoms with Crippen LogP contribution in [0.25, 0.3) is 10.8 Å². The van der Waals surface area contributed by atoms with Gasteiger partial charge in [0.05, 0.1) is 30.5 Å². The number of fused-ring (bicyclic) bond motifs is 3. The first-order chi connectivity index (χ1) is 22.2. The van der Waals surface area contributed by atoms with Gasteiger partial charge in [0.25, 0.3) is 0 Å². The van der Waals surface area contributed by atoms with Gasteiger partial charge in [0.1, 0.15) is 21.5 Å². The molecule has 4 fully saturated rings. The Balaban J connectivity index is 1.25. The number of sulfone groups is 1. The lowest BCUT2D eigenvalue weighted by Gasteiger charge is -2.48. The van der Waals surface area contributed by atoms with Crippen molar-refractivity contribution in [1.82, 2.24) is 19.9 Å². The maximum Gasteiger partial charge on any atom is 0.246 e. The van der Waals surface area contributed by atoms with Gasteiger partial charge in [0.2, 0.25) is 11.9 Å². The Kier molecular flexibility index (Phi) is 8.35. The first kappa shape index (κ1) is 30.9. The minimum Gasteiger partial charge on any atom is -0.376 e. The Morgan fingerprint density at radius 1 is 1.09 bits per heavy atom. The highest BCUT2D eigenvalue weighted by Crippen LogP contribution is 2.42. The molecule has 4 aliphatic rings. The summed E-state index contributed by atoms with van der Waals surface area (Å²) in [5.74, 6) is 2.21. The molecule has 11 nitrogen and oxygen atoms in total. The number of anilines is 4.